The summed E-state index contributed by atoms with van der Waals surface area (Å²) in [4.78, 5) is 24.3. The Bertz CT molecular complexity index is 1130. The molecule has 1 aliphatic carbocycles. The molecule has 1 unspecified atom stereocenters. The maximum Gasteiger partial charge on any atom is 0.410 e. The minimum Gasteiger partial charge on any atom is -0.444 e. The predicted octanol–water partition coefficient (Wildman–Crippen LogP) is 5.45. The van der Waals surface area contributed by atoms with Crippen molar-refractivity contribution in [3.63, 3.8) is 0 Å². The van der Waals surface area contributed by atoms with Crippen LogP contribution in [-0.4, -0.2) is 77.7 Å². The normalized spacial score (nSPS) is 24.4. The number of hydrogen-bond donors (Lipinski definition) is 1. The lowest BCUT2D eigenvalue weighted by Crippen LogP contribution is -2.62. The number of rotatable bonds is 8. The highest BCUT2D eigenvalue weighted by molar-refractivity contribution is 6.76. The summed E-state index contributed by atoms with van der Waals surface area (Å²) >= 11 is 0. The van der Waals surface area contributed by atoms with E-state index < -0.39 is 13.7 Å². The molecule has 5 heterocycles. The molecule has 38 heavy (non-hydrogen) atoms. The second-order valence-electron chi connectivity index (χ2n) is 13.5. The fraction of sp³-hybridized carbons (Fsp3) is 0.750. The lowest BCUT2D eigenvalue weighted by Gasteiger charge is -2.53. The number of carbonyl (C=O) groups is 1. The van der Waals surface area contributed by atoms with Gasteiger partial charge in [0.1, 0.15) is 30.1 Å². The molecule has 0 radical (unpaired) electrons. The van der Waals surface area contributed by atoms with Crippen LogP contribution in [0.1, 0.15) is 57.9 Å². The molecule has 2 aromatic rings. The van der Waals surface area contributed by atoms with Gasteiger partial charge in [-0.1, -0.05) is 19.6 Å². The Labute approximate surface area is 227 Å². The molecule has 0 aromatic carbocycles. The molecule has 4 fully saturated rings. The molecule has 1 saturated carbocycles. The second kappa shape index (κ2) is 10.8. The van der Waals surface area contributed by atoms with E-state index in [0.717, 1.165) is 68.4 Å². The zero-order valence-corrected chi connectivity index (χ0v) is 25.0. The van der Waals surface area contributed by atoms with Gasteiger partial charge in [0.15, 0.2) is 0 Å². The van der Waals surface area contributed by atoms with Gasteiger partial charge in [-0.2, -0.15) is 0 Å². The highest BCUT2D eigenvalue weighted by atomic mass is 28.3. The molecule has 10 heteroatoms. The summed E-state index contributed by atoms with van der Waals surface area (Å²) in [5, 5.41) is 4.84. The van der Waals surface area contributed by atoms with Crippen LogP contribution in [-0.2, 0) is 20.9 Å². The Kier molecular flexibility index (Phi) is 7.77. The molecule has 6 rings (SSSR count). The Morgan fingerprint density at radius 3 is 2.61 bits per heavy atom. The van der Waals surface area contributed by atoms with E-state index in [0.29, 0.717) is 25.1 Å². The van der Waals surface area contributed by atoms with Crippen LogP contribution in [0, 0.1) is 5.92 Å². The molecule has 1 atom stereocenters. The minimum absolute atomic E-state index is 0.129. The van der Waals surface area contributed by atoms with Crippen molar-refractivity contribution >= 4 is 31.0 Å². The molecule has 2 bridgehead atoms. The van der Waals surface area contributed by atoms with E-state index in [1.165, 1.54) is 5.56 Å². The van der Waals surface area contributed by atoms with Crippen LogP contribution in [0.4, 0.5) is 10.6 Å². The Morgan fingerprint density at radius 1 is 1.18 bits per heavy atom. The van der Waals surface area contributed by atoms with E-state index in [9.17, 15) is 4.79 Å². The topological polar surface area (TPSA) is 90.7 Å². The Hall–Kier alpha value is -2.17. The van der Waals surface area contributed by atoms with Gasteiger partial charge in [-0.05, 0) is 69.9 Å². The Morgan fingerprint density at radius 2 is 1.92 bits per heavy atom. The standard InChI is InChI=1S/C28H45N5O4Si/c1-28(2,3)37-27(34)33-16-23(20-13-21(33)14-20)31-25-24-22(19-7-9-35-10-8-19)15-32(26(24)30-17-29-25)18-36-11-12-38(4,5)6/h15,17,19-21,23H,7-14,16,18H2,1-6H3,(H,29,30,31). The Balaban J connectivity index is 1.39. The lowest BCUT2D eigenvalue weighted by molar-refractivity contribution is -0.0300. The van der Waals surface area contributed by atoms with Gasteiger partial charge in [0, 0.05) is 52.7 Å². The summed E-state index contributed by atoms with van der Waals surface area (Å²) in [5.41, 5.74) is 1.67. The first-order valence-electron chi connectivity index (χ1n) is 14.2. The summed E-state index contributed by atoms with van der Waals surface area (Å²) < 4.78 is 19.7. The molecule has 210 valence electrons. The molecule has 3 saturated heterocycles. The SMILES string of the molecule is CC(C)(C)OC(=O)N1CC(Nc2ncnc3c2c(C2CCOCC2)cn3COCC[Si](C)(C)C)C2CC1C2. The van der Waals surface area contributed by atoms with Crippen LogP contribution < -0.4 is 5.32 Å². The molecular weight excluding hydrogens is 498 g/mol. The average molecular weight is 544 g/mol. The van der Waals surface area contributed by atoms with Crippen LogP contribution in [0.5, 0.6) is 0 Å². The van der Waals surface area contributed by atoms with Crippen LogP contribution >= 0.6 is 0 Å². The number of nitrogens with one attached hydrogen (secondary N) is 1. The van der Waals surface area contributed by atoms with Crippen LogP contribution in [0.15, 0.2) is 12.5 Å². The van der Waals surface area contributed by atoms with E-state index in [1.54, 1.807) is 6.33 Å². The smallest absolute Gasteiger partial charge is 0.410 e. The van der Waals surface area contributed by atoms with Crippen molar-refractivity contribution in [3.8, 4) is 0 Å². The third-order valence-corrected chi connectivity index (χ3v) is 9.78. The molecule has 4 aliphatic rings. The zero-order valence-electron chi connectivity index (χ0n) is 24.0. The molecular formula is C28H45N5O4Si. The quantitative estimate of drug-likeness (QED) is 0.350. The molecule has 3 aliphatic heterocycles. The summed E-state index contributed by atoms with van der Waals surface area (Å²) in [6, 6.07) is 1.55. The van der Waals surface area contributed by atoms with Crippen LogP contribution in [0.3, 0.4) is 0 Å². The summed E-state index contributed by atoms with van der Waals surface area (Å²) in [6.07, 6.45) is 7.64. The highest BCUT2D eigenvalue weighted by Gasteiger charge is 2.48. The van der Waals surface area contributed by atoms with Crippen molar-refractivity contribution in [2.75, 3.05) is 31.7 Å². The monoisotopic (exact) mass is 543 g/mol. The van der Waals surface area contributed by atoms with Crippen LogP contribution in [0.25, 0.3) is 11.0 Å². The van der Waals surface area contributed by atoms with Gasteiger partial charge in [0.25, 0.3) is 0 Å². The fourth-order valence-corrected chi connectivity index (χ4v) is 6.58. The number of fused-ring (bicyclic) bond motifs is 3. The number of ether oxygens (including phenoxy) is 3. The van der Waals surface area contributed by atoms with E-state index >= 15 is 0 Å². The summed E-state index contributed by atoms with van der Waals surface area (Å²) in [6.45, 7) is 16.3. The first kappa shape index (κ1) is 27.4. The first-order chi connectivity index (χ1) is 18.0. The summed E-state index contributed by atoms with van der Waals surface area (Å²) in [7, 11) is -1.16. The van der Waals surface area contributed by atoms with Crippen molar-refractivity contribution in [2.24, 2.45) is 5.92 Å². The number of anilines is 1. The number of carbonyl (C=O) groups excluding carboxylic acids is 1. The fourth-order valence-electron chi connectivity index (χ4n) is 5.83. The predicted molar refractivity (Wildman–Crippen MR) is 151 cm³/mol. The van der Waals surface area contributed by atoms with E-state index in [1.807, 2.05) is 25.7 Å². The van der Waals surface area contributed by atoms with Gasteiger partial charge >= 0.3 is 6.09 Å². The van der Waals surface area contributed by atoms with Crippen molar-refractivity contribution in [3.05, 3.63) is 18.1 Å². The largest absolute Gasteiger partial charge is 0.444 e. The highest BCUT2D eigenvalue weighted by Crippen LogP contribution is 2.43. The van der Waals surface area contributed by atoms with E-state index in [2.05, 4.69) is 35.7 Å². The van der Waals surface area contributed by atoms with Gasteiger partial charge in [-0.15, -0.1) is 0 Å². The number of hydrogen-bond acceptors (Lipinski definition) is 7. The molecule has 0 spiro atoms. The minimum atomic E-state index is -1.16. The van der Waals surface area contributed by atoms with Crippen molar-refractivity contribution in [1.29, 1.82) is 0 Å². The first-order valence-corrected chi connectivity index (χ1v) is 17.9. The van der Waals surface area contributed by atoms with E-state index in [-0.39, 0.29) is 18.2 Å². The lowest BCUT2D eigenvalue weighted by atomic mass is 9.70. The van der Waals surface area contributed by atoms with Gasteiger partial charge in [0.2, 0.25) is 0 Å². The molecule has 9 nitrogen and oxygen atoms in total. The molecule has 1 amide bonds. The van der Waals surface area contributed by atoms with E-state index in [4.69, 9.17) is 24.2 Å². The van der Waals surface area contributed by atoms with Crippen molar-refractivity contribution < 1.29 is 19.0 Å². The van der Waals surface area contributed by atoms with Gasteiger partial charge in [0.05, 0.1) is 5.39 Å². The number of amides is 1. The van der Waals surface area contributed by atoms with Gasteiger partial charge in [-0.3, -0.25) is 0 Å². The zero-order chi connectivity index (χ0) is 27.1. The maximum atomic E-state index is 12.9. The van der Waals surface area contributed by atoms with Gasteiger partial charge in [-0.25, -0.2) is 14.8 Å². The second-order valence-corrected chi connectivity index (χ2v) is 19.1. The van der Waals surface area contributed by atoms with Crippen molar-refractivity contribution in [2.45, 2.75) is 102 Å². The molecule has 2 aromatic heterocycles. The third-order valence-electron chi connectivity index (χ3n) is 8.07. The maximum absolute atomic E-state index is 12.9. The number of piperidine rings is 2. The number of nitrogens with zero attached hydrogens (tertiary/aromatic N) is 4. The number of aromatic nitrogens is 3. The average Bonchev–Trinajstić information content (AvgIpc) is 3.19. The third kappa shape index (κ3) is 6.18. The summed E-state index contributed by atoms with van der Waals surface area (Å²) in [5.74, 6) is 1.79. The van der Waals surface area contributed by atoms with Gasteiger partial charge < -0.3 is 29.0 Å². The molecule has 1 N–H and O–H groups in total. The van der Waals surface area contributed by atoms with Crippen molar-refractivity contribution in [1.82, 2.24) is 19.4 Å². The van der Waals surface area contributed by atoms with Crippen LogP contribution in [0.2, 0.25) is 25.7 Å².